The molecule has 1 aliphatic heterocycles. The first kappa shape index (κ1) is 12.7. The third-order valence-corrected chi connectivity index (χ3v) is 3.32. The van der Waals surface area contributed by atoms with E-state index in [1.807, 2.05) is 6.07 Å². The van der Waals surface area contributed by atoms with Gasteiger partial charge in [0.2, 0.25) is 5.91 Å². The van der Waals surface area contributed by atoms with Crippen LogP contribution >= 0.6 is 0 Å². The SMILES string of the molecule is O=C(O)C[C@@H]1CCCN1C(=O)CCc1ccoc1. The zero-order chi connectivity index (χ0) is 13.0. The molecule has 5 nitrogen and oxygen atoms in total. The van der Waals surface area contributed by atoms with Crippen molar-refractivity contribution in [2.24, 2.45) is 0 Å². The molecule has 1 aliphatic rings. The molecule has 0 unspecified atom stereocenters. The first-order chi connectivity index (χ1) is 8.66. The normalized spacial score (nSPS) is 19.1. The van der Waals surface area contributed by atoms with E-state index in [1.54, 1.807) is 17.4 Å². The predicted molar refractivity (Wildman–Crippen MR) is 64.0 cm³/mol. The third-order valence-electron chi connectivity index (χ3n) is 3.32. The van der Waals surface area contributed by atoms with Gasteiger partial charge in [-0.3, -0.25) is 9.59 Å². The largest absolute Gasteiger partial charge is 0.481 e. The lowest BCUT2D eigenvalue weighted by Gasteiger charge is -2.23. The van der Waals surface area contributed by atoms with E-state index in [-0.39, 0.29) is 18.4 Å². The Morgan fingerprint density at radius 2 is 2.33 bits per heavy atom. The van der Waals surface area contributed by atoms with Crippen molar-refractivity contribution in [3.05, 3.63) is 24.2 Å². The number of rotatable bonds is 5. The Balaban J connectivity index is 1.85. The minimum Gasteiger partial charge on any atom is -0.481 e. The summed E-state index contributed by atoms with van der Waals surface area (Å²) < 4.78 is 4.94. The average molecular weight is 251 g/mol. The molecule has 0 saturated carbocycles. The van der Waals surface area contributed by atoms with E-state index in [9.17, 15) is 9.59 Å². The van der Waals surface area contributed by atoms with Crippen molar-refractivity contribution in [3.8, 4) is 0 Å². The molecule has 1 atom stereocenters. The number of furan rings is 1. The number of amides is 1. The molecule has 0 bridgehead atoms. The van der Waals surface area contributed by atoms with Crippen LogP contribution in [0, 0.1) is 0 Å². The Labute approximate surface area is 105 Å². The highest BCUT2D eigenvalue weighted by Crippen LogP contribution is 2.21. The fraction of sp³-hybridized carbons (Fsp3) is 0.538. The highest BCUT2D eigenvalue weighted by atomic mass is 16.4. The number of aryl methyl sites for hydroxylation is 1. The lowest BCUT2D eigenvalue weighted by atomic mass is 10.1. The van der Waals surface area contributed by atoms with Gasteiger partial charge in [-0.15, -0.1) is 0 Å². The first-order valence-electron chi connectivity index (χ1n) is 6.19. The van der Waals surface area contributed by atoms with E-state index in [2.05, 4.69) is 0 Å². The molecule has 0 aromatic carbocycles. The molecule has 0 aliphatic carbocycles. The quantitative estimate of drug-likeness (QED) is 0.864. The van der Waals surface area contributed by atoms with Crippen LogP contribution in [0.25, 0.3) is 0 Å². The fourth-order valence-corrected chi connectivity index (χ4v) is 2.41. The monoisotopic (exact) mass is 251 g/mol. The molecule has 1 aromatic heterocycles. The Morgan fingerprint density at radius 1 is 1.50 bits per heavy atom. The Bertz CT molecular complexity index is 413. The Kier molecular flexibility index (Phi) is 4.02. The number of likely N-dealkylation sites (tertiary alicyclic amines) is 1. The summed E-state index contributed by atoms with van der Waals surface area (Å²) in [6.07, 6.45) is 6.02. The first-order valence-corrected chi connectivity index (χ1v) is 6.19. The number of hydrogen-bond donors (Lipinski definition) is 1. The van der Waals surface area contributed by atoms with Gasteiger partial charge in [0.05, 0.1) is 18.9 Å². The van der Waals surface area contributed by atoms with E-state index in [0.29, 0.717) is 19.4 Å². The van der Waals surface area contributed by atoms with Crippen LogP contribution < -0.4 is 0 Å². The number of aliphatic carboxylic acids is 1. The van der Waals surface area contributed by atoms with Crippen molar-refractivity contribution in [3.63, 3.8) is 0 Å². The van der Waals surface area contributed by atoms with Gasteiger partial charge in [-0.2, -0.15) is 0 Å². The molecule has 2 rings (SSSR count). The van der Waals surface area contributed by atoms with E-state index in [0.717, 1.165) is 18.4 Å². The molecule has 1 amide bonds. The van der Waals surface area contributed by atoms with Gasteiger partial charge < -0.3 is 14.4 Å². The number of carboxylic acids is 1. The summed E-state index contributed by atoms with van der Waals surface area (Å²) in [5, 5.41) is 8.80. The smallest absolute Gasteiger partial charge is 0.305 e. The zero-order valence-electron chi connectivity index (χ0n) is 10.2. The number of nitrogens with zero attached hydrogens (tertiary/aromatic N) is 1. The van der Waals surface area contributed by atoms with Gasteiger partial charge in [0.1, 0.15) is 0 Å². The van der Waals surface area contributed by atoms with E-state index < -0.39 is 5.97 Å². The minimum absolute atomic E-state index is 0.0416. The van der Waals surface area contributed by atoms with Gasteiger partial charge in [0.25, 0.3) is 0 Å². The van der Waals surface area contributed by atoms with Crippen molar-refractivity contribution < 1.29 is 19.1 Å². The second kappa shape index (κ2) is 5.71. The van der Waals surface area contributed by atoms with Gasteiger partial charge in [0.15, 0.2) is 0 Å². The maximum atomic E-state index is 12.0. The van der Waals surface area contributed by atoms with Crippen molar-refractivity contribution >= 4 is 11.9 Å². The van der Waals surface area contributed by atoms with Crippen LogP contribution in [0.2, 0.25) is 0 Å². The summed E-state index contributed by atoms with van der Waals surface area (Å²) in [5.74, 6) is -0.797. The highest BCUT2D eigenvalue weighted by Gasteiger charge is 2.29. The van der Waals surface area contributed by atoms with Gasteiger partial charge in [-0.25, -0.2) is 0 Å². The molecule has 1 fully saturated rings. The van der Waals surface area contributed by atoms with Gasteiger partial charge in [0, 0.05) is 19.0 Å². The lowest BCUT2D eigenvalue weighted by Crippen LogP contribution is -2.36. The lowest BCUT2D eigenvalue weighted by molar-refractivity contribution is -0.139. The van der Waals surface area contributed by atoms with Crippen molar-refractivity contribution in [1.82, 2.24) is 4.90 Å². The predicted octanol–water partition coefficient (Wildman–Crippen LogP) is 1.68. The van der Waals surface area contributed by atoms with Crippen molar-refractivity contribution in [2.75, 3.05) is 6.54 Å². The van der Waals surface area contributed by atoms with Gasteiger partial charge in [-0.1, -0.05) is 0 Å². The molecule has 5 heteroatoms. The molecule has 98 valence electrons. The molecule has 0 radical (unpaired) electrons. The average Bonchev–Trinajstić information content (AvgIpc) is 2.95. The summed E-state index contributed by atoms with van der Waals surface area (Å²) in [6, 6.07) is 1.71. The van der Waals surface area contributed by atoms with Crippen LogP contribution in [0.1, 0.15) is 31.2 Å². The molecule has 1 saturated heterocycles. The molecule has 1 N–H and O–H groups in total. The van der Waals surface area contributed by atoms with E-state index >= 15 is 0 Å². The number of carbonyl (C=O) groups is 2. The van der Waals surface area contributed by atoms with E-state index in [1.165, 1.54) is 0 Å². The molecule has 1 aromatic rings. The fourth-order valence-electron chi connectivity index (χ4n) is 2.41. The second-order valence-electron chi connectivity index (χ2n) is 4.61. The highest BCUT2D eigenvalue weighted by molar-refractivity contribution is 5.78. The minimum atomic E-state index is -0.838. The van der Waals surface area contributed by atoms with Crippen LogP contribution in [0.4, 0.5) is 0 Å². The molecule has 2 heterocycles. The summed E-state index contributed by atoms with van der Waals surface area (Å²) in [6.45, 7) is 0.683. The summed E-state index contributed by atoms with van der Waals surface area (Å²) in [5.41, 5.74) is 0.998. The van der Waals surface area contributed by atoms with Crippen molar-refractivity contribution in [1.29, 1.82) is 0 Å². The van der Waals surface area contributed by atoms with Crippen LogP contribution in [-0.4, -0.2) is 34.5 Å². The van der Waals surface area contributed by atoms with Crippen molar-refractivity contribution in [2.45, 2.75) is 38.1 Å². The maximum absolute atomic E-state index is 12.0. The van der Waals surface area contributed by atoms with Crippen LogP contribution in [0.5, 0.6) is 0 Å². The Hall–Kier alpha value is -1.78. The van der Waals surface area contributed by atoms with Gasteiger partial charge >= 0.3 is 5.97 Å². The number of carbonyl (C=O) groups excluding carboxylic acids is 1. The summed E-state index contributed by atoms with van der Waals surface area (Å²) in [7, 11) is 0. The number of hydrogen-bond acceptors (Lipinski definition) is 3. The second-order valence-corrected chi connectivity index (χ2v) is 4.61. The third kappa shape index (κ3) is 3.12. The molecular formula is C13H17NO4. The van der Waals surface area contributed by atoms with Crippen LogP contribution in [0.3, 0.4) is 0 Å². The molecule has 0 spiro atoms. The van der Waals surface area contributed by atoms with E-state index in [4.69, 9.17) is 9.52 Å². The number of carboxylic acid groups (broad SMARTS) is 1. The molecular weight excluding hydrogens is 234 g/mol. The summed E-state index contributed by atoms with van der Waals surface area (Å²) >= 11 is 0. The zero-order valence-corrected chi connectivity index (χ0v) is 10.2. The van der Waals surface area contributed by atoms with Crippen LogP contribution in [-0.2, 0) is 16.0 Å². The summed E-state index contributed by atoms with van der Waals surface area (Å²) in [4.78, 5) is 24.5. The van der Waals surface area contributed by atoms with Crippen LogP contribution in [0.15, 0.2) is 23.0 Å². The maximum Gasteiger partial charge on any atom is 0.305 e. The topological polar surface area (TPSA) is 70.8 Å². The molecule has 18 heavy (non-hydrogen) atoms. The van der Waals surface area contributed by atoms with Gasteiger partial charge in [-0.05, 0) is 30.9 Å². The standard InChI is InChI=1S/C13H17NO4/c15-12(4-3-10-5-7-18-9-10)14-6-1-2-11(14)8-13(16)17/h5,7,9,11H,1-4,6,8H2,(H,16,17)/t11-/m0/s1. The Morgan fingerprint density at radius 3 is 3.00 bits per heavy atom.